The van der Waals surface area contributed by atoms with Crippen molar-refractivity contribution < 1.29 is 14.3 Å². The number of carbonyl (C=O) groups is 2. The Morgan fingerprint density at radius 3 is 2.58 bits per heavy atom. The molecule has 7 heteroatoms. The Balaban J connectivity index is 2.63. The van der Waals surface area contributed by atoms with Crippen molar-refractivity contribution in [3.05, 3.63) is 0 Å². The Kier molecular flexibility index (Phi) is 8.01. The van der Waals surface area contributed by atoms with Crippen LogP contribution in [0.5, 0.6) is 0 Å². The van der Waals surface area contributed by atoms with E-state index in [1.165, 1.54) is 0 Å². The summed E-state index contributed by atoms with van der Waals surface area (Å²) in [4.78, 5) is 30.4. The fraction of sp³-hybridized carbons (Fsp3) is 0.824. The Bertz CT molecular complexity index is 463. The van der Waals surface area contributed by atoms with E-state index in [0.717, 1.165) is 25.3 Å². The zero-order valence-electron chi connectivity index (χ0n) is 15.6. The lowest BCUT2D eigenvalue weighted by Crippen LogP contribution is -2.52. The van der Waals surface area contributed by atoms with E-state index in [1.807, 2.05) is 27.7 Å². The van der Waals surface area contributed by atoms with Crippen LogP contribution in [0.4, 0.5) is 0 Å². The van der Waals surface area contributed by atoms with Crippen molar-refractivity contribution in [2.24, 2.45) is 16.3 Å². The lowest BCUT2D eigenvalue weighted by molar-refractivity contribution is -0.149. The number of amides is 1. The van der Waals surface area contributed by atoms with Crippen molar-refractivity contribution in [2.45, 2.75) is 40.5 Å². The van der Waals surface area contributed by atoms with Crippen LogP contribution in [0, 0.1) is 11.3 Å². The second-order valence-electron chi connectivity index (χ2n) is 6.68. The molecule has 7 nitrogen and oxygen atoms in total. The van der Waals surface area contributed by atoms with Gasteiger partial charge in [0.2, 0.25) is 5.91 Å². The van der Waals surface area contributed by atoms with Gasteiger partial charge >= 0.3 is 5.97 Å². The highest BCUT2D eigenvalue weighted by Gasteiger charge is 2.31. The minimum absolute atomic E-state index is 0.0102. The Morgan fingerprint density at radius 1 is 1.29 bits per heavy atom. The van der Waals surface area contributed by atoms with Gasteiger partial charge in [-0.1, -0.05) is 0 Å². The molecule has 0 saturated carbocycles. The van der Waals surface area contributed by atoms with Gasteiger partial charge < -0.3 is 20.3 Å². The highest BCUT2D eigenvalue weighted by Crippen LogP contribution is 2.19. The van der Waals surface area contributed by atoms with Crippen LogP contribution in [0.3, 0.4) is 0 Å². The maximum Gasteiger partial charge on any atom is 0.310 e. The van der Waals surface area contributed by atoms with Crippen molar-refractivity contribution >= 4 is 17.8 Å². The van der Waals surface area contributed by atoms with Crippen molar-refractivity contribution in [2.75, 3.05) is 39.8 Å². The van der Waals surface area contributed by atoms with Crippen LogP contribution in [0.1, 0.15) is 40.5 Å². The molecule has 0 aromatic carbocycles. The Hall–Kier alpha value is -1.79. The molecule has 0 radical (unpaired) electrons. The van der Waals surface area contributed by atoms with Gasteiger partial charge in [-0.2, -0.15) is 0 Å². The number of esters is 1. The van der Waals surface area contributed by atoms with Crippen molar-refractivity contribution in [3.63, 3.8) is 0 Å². The van der Waals surface area contributed by atoms with Crippen LogP contribution in [0.15, 0.2) is 4.99 Å². The summed E-state index contributed by atoms with van der Waals surface area (Å²) < 4.78 is 5.14. The van der Waals surface area contributed by atoms with Gasteiger partial charge in [-0.3, -0.25) is 14.6 Å². The van der Waals surface area contributed by atoms with Crippen LogP contribution in [0.25, 0.3) is 0 Å². The Labute approximate surface area is 145 Å². The van der Waals surface area contributed by atoms with Crippen LogP contribution < -0.4 is 10.6 Å². The fourth-order valence-electron chi connectivity index (χ4n) is 2.73. The molecule has 2 N–H and O–H groups in total. The molecule has 1 rings (SSSR count). The molecule has 1 fully saturated rings. The number of likely N-dealkylation sites (tertiary alicyclic amines) is 1. The normalized spacial score (nSPS) is 19.0. The van der Waals surface area contributed by atoms with Gasteiger partial charge in [0.15, 0.2) is 5.96 Å². The number of guanidine groups is 1. The molecule has 1 amide bonds. The summed E-state index contributed by atoms with van der Waals surface area (Å²) in [5, 5.41) is 6.12. The summed E-state index contributed by atoms with van der Waals surface area (Å²) >= 11 is 0. The van der Waals surface area contributed by atoms with Gasteiger partial charge in [-0.25, -0.2) is 0 Å². The standard InChI is InChI=1S/C17H32N4O3/c1-6-19-15(23)17(3,4)12-20-16(18-5)21-10-8-9-13(11-21)14(22)24-7-2/h13H,6-12H2,1-5H3,(H,18,20)(H,19,23). The maximum atomic E-state index is 12.1. The number of hydrogen-bond acceptors (Lipinski definition) is 4. The van der Waals surface area contributed by atoms with Crippen LogP contribution in [-0.4, -0.2) is 62.6 Å². The number of ether oxygens (including phenoxy) is 1. The second-order valence-corrected chi connectivity index (χ2v) is 6.68. The predicted molar refractivity (Wildman–Crippen MR) is 94.8 cm³/mol. The first-order valence-electron chi connectivity index (χ1n) is 8.76. The van der Waals surface area contributed by atoms with Crippen LogP contribution >= 0.6 is 0 Å². The number of piperidine rings is 1. The molecule has 138 valence electrons. The molecule has 0 spiro atoms. The van der Waals surface area contributed by atoms with Gasteiger partial charge in [0, 0.05) is 33.2 Å². The van der Waals surface area contributed by atoms with E-state index in [2.05, 4.69) is 20.5 Å². The van der Waals surface area contributed by atoms with Gasteiger partial charge in [0.05, 0.1) is 17.9 Å². The predicted octanol–water partition coefficient (Wildman–Crippen LogP) is 0.999. The molecule has 1 aliphatic rings. The van der Waals surface area contributed by atoms with Crippen molar-refractivity contribution in [1.29, 1.82) is 0 Å². The number of rotatable bonds is 6. The molecule has 0 aliphatic carbocycles. The lowest BCUT2D eigenvalue weighted by atomic mass is 9.92. The van der Waals surface area contributed by atoms with Gasteiger partial charge in [-0.05, 0) is 40.5 Å². The lowest BCUT2D eigenvalue weighted by Gasteiger charge is -2.35. The van der Waals surface area contributed by atoms with E-state index < -0.39 is 5.41 Å². The van der Waals surface area contributed by atoms with Gasteiger partial charge in [0.25, 0.3) is 0 Å². The van der Waals surface area contributed by atoms with Gasteiger partial charge in [0.1, 0.15) is 0 Å². The molecule has 1 saturated heterocycles. The van der Waals surface area contributed by atoms with Gasteiger partial charge in [-0.15, -0.1) is 0 Å². The minimum Gasteiger partial charge on any atom is -0.466 e. The first-order valence-corrected chi connectivity index (χ1v) is 8.76. The second kappa shape index (κ2) is 9.49. The molecule has 0 bridgehead atoms. The molecule has 1 aliphatic heterocycles. The summed E-state index contributed by atoms with van der Waals surface area (Å²) in [6.45, 7) is 10.5. The molecule has 1 atom stereocenters. The number of carbonyl (C=O) groups excluding carboxylic acids is 2. The third kappa shape index (κ3) is 5.69. The van der Waals surface area contributed by atoms with Crippen LogP contribution in [-0.2, 0) is 14.3 Å². The number of nitrogens with one attached hydrogen (secondary N) is 2. The van der Waals surface area contributed by atoms with Crippen molar-refractivity contribution in [3.8, 4) is 0 Å². The molecular weight excluding hydrogens is 308 g/mol. The first-order chi connectivity index (χ1) is 11.4. The number of hydrogen-bond donors (Lipinski definition) is 2. The zero-order valence-corrected chi connectivity index (χ0v) is 15.6. The average molecular weight is 340 g/mol. The average Bonchev–Trinajstić information content (AvgIpc) is 2.56. The zero-order chi connectivity index (χ0) is 18.2. The maximum absolute atomic E-state index is 12.1. The summed E-state index contributed by atoms with van der Waals surface area (Å²) in [5.41, 5.74) is -0.539. The van der Waals surface area contributed by atoms with E-state index in [9.17, 15) is 9.59 Å². The molecule has 1 heterocycles. The SMILES string of the molecule is CCNC(=O)C(C)(C)CNC(=NC)N1CCCC(C(=O)OCC)C1. The van der Waals surface area contributed by atoms with E-state index in [0.29, 0.717) is 26.2 Å². The van der Waals surface area contributed by atoms with Crippen LogP contribution in [0.2, 0.25) is 0 Å². The molecule has 24 heavy (non-hydrogen) atoms. The summed E-state index contributed by atoms with van der Waals surface area (Å²) in [6.07, 6.45) is 1.76. The van der Waals surface area contributed by atoms with E-state index in [4.69, 9.17) is 4.74 Å². The highest BCUT2D eigenvalue weighted by molar-refractivity contribution is 5.84. The van der Waals surface area contributed by atoms with Crippen molar-refractivity contribution in [1.82, 2.24) is 15.5 Å². The molecule has 0 aromatic rings. The third-order valence-electron chi connectivity index (χ3n) is 4.19. The van der Waals surface area contributed by atoms with E-state index in [1.54, 1.807) is 7.05 Å². The third-order valence-corrected chi connectivity index (χ3v) is 4.19. The highest BCUT2D eigenvalue weighted by atomic mass is 16.5. The quantitative estimate of drug-likeness (QED) is 0.428. The summed E-state index contributed by atoms with van der Waals surface area (Å²) in [7, 11) is 1.72. The summed E-state index contributed by atoms with van der Waals surface area (Å²) in [6, 6.07) is 0. The molecule has 0 aromatic heterocycles. The van der Waals surface area contributed by atoms with E-state index in [-0.39, 0.29) is 17.8 Å². The van der Waals surface area contributed by atoms with E-state index >= 15 is 0 Å². The first kappa shape index (κ1) is 20.3. The number of nitrogens with zero attached hydrogens (tertiary/aromatic N) is 2. The number of aliphatic imine (C=N–C) groups is 1. The monoisotopic (exact) mass is 340 g/mol. The largest absolute Gasteiger partial charge is 0.466 e. The molecule has 1 unspecified atom stereocenters. The summed E-state index contributed by atoms with van der Waals surface area (Å²) in [5.74, 6) is 0.478. The topological polar surface area (TPSA) is 83.0 Å². The molecular formula is C17H32N4O3. The Morgan fingerprint density at radius 2 is 2.00 bits per heavy atom. The smallest absolute Gasteiger partial charge is 0.310 e. The minimum atomic E-state index is -0.539. The fourth-order valence-corrected chi connectivity index (χ4v) is 2.73.